The molecule has 116 valence electrons. The minimum absolute atomic E-state index is 0.108. The summed E-state index contributed by atoms with van der Waals surface area (Å²) < 4.78 is 22.8. The quantitative estimate of drug-likeness (QED) is 0.708. The van der Waals surface area contributed by atoms with Crippen LogP contribution in [0.3, 0.4) is 0 Å². The molecule has 0 unspecified atom stereocenters. The highest BCUT2D eigenvalue weighted by atomic mass is 32.2. The summed E-state index contributed by atoms with van der Waals surface area (Å²) >= 11 is 0. The number of carbonyl (C=O) groups excluding carboxylic acids is 1. The number of unbranched alkanes of at least 4 members (excludes halogenated alkanes) is 2. The lowest BCUT2D eigenvalue weighted by Crippen LogP contribution is -2.24. The minimum atomic E-state index is -3.34. The van der Waals surface area contributed by atoms with Crippen molar-refractivity contribution in [1.82, 2.24) is 5.32 Å². The summed E-state index contributed by atoms with van der Waals surface area (Å²) in [5, 5.41) is 11.2. The van der Waals surface area contributed by atoms with Crippen molar-refractivity contribution in [2.24, 2.45) is 0 Å². The molecule has 0 aliphatic carbocycles. The highest BCUT2D eigenvalue weighted by Gasteiger charge is 2.11. The molecule has 0 aromatic heterocycles. The van der Waals surface area contributed by atoms with E-state index in [1.807, 2.05) is 0 Å². The van der Waals surface area contributed by atoms with Gasteiger partial charge in [0.25, 0.3) is 5.91 Å². The fourth-order valence-corrected chi connectivity index (χ4v) is 2.42. The highest BCUT2D eigenvalue weighted by Crippen LogP contribution is 2.11. The van der Waals surface area contributed by atoms with Gasteiger partial charge in [-0.1, -0.05) is 12.5 Å². The van der Waals surface area contributed by atoms with Crippen molar-refractivity contribution in [2.75, 3.05) is 12.8 Å². The molecule has 1 amide bonds. The second kappa shape index (κ2) is 7.78. The molecule has 21 heavy (non-hydrogen) atoms. The standard InChI is InChI=1S/C14H19NO5S/c1-21(19,20)12-7-5-6-11(10-12)14(18)15-9-4-2-3-8-13(16)17/h5-7,10H,2-4,8-9H2,1H3,(H,15,18)(H,16,17). The minimum Gasteiger partial charge on any atom is -0.481 e. The maximum atomic E-state index is 11.9. The molecule has 0 saturated carbocycles. The van der Waals surface area contributed by atoms with Crippen LogP contribution in [0.4, 0.5) is 0 Å². The predicted molar refractivity (Wildman–Crippen MR) is 78.0 cm³/mol. The Morgan fingerprint density at radius 3 is 2.52 bits per heavy atom. The van der Waals surface area contributed by atoms with Crippen LogP contribution < -0.4 is 5.32 Å². The number of carboxylic acids is 1. The van der Waals surface area contributed by atoms with Gasteiger partial charge in [0.15, 0.2) is 9.84 Å². The third-order valence-corrected chi connectivity index (χ3v) is 3.99. The molecule has 0 aliphatic rings. The summed E-state index contributed by atoms with van der Waals surface area (Å²) in [6, 6.07) is 5.86. The van der Waals surface area contributed by atoms with Crippen LogP contribution in [0, 0.1) is 0 Å². The lowest BCUT2D eigenvalue weighted by molar-refractivity contribution is -0.137. The van der Waals surface area contributed by atoms with Crippen LogP contribution in [0.5, 0.6) is 0 Å². The molecule has 6 nitrogen and oxygen atoms in total. The van der Waals surface area contributed by atoms with Crippen LogP contribution in [-0.4, -0.2) is 38.2 Å². The first-order chi connectivity index (χ1) is 9.80. The number of carbonyl (C=O) groups is 2. The van der Waals surface area contributed by atoms with Crippen molar-refractivity contribution in [2.45, 2.75) is 30.6 Å². The summed E-state index contributed by atoms with van der Waals surface area (Å²) in [6.07, 6.45) is 3.20. The van der Waals surface area contributed by atoms with Gasteiger partial charge in [-0.3, -0.25) is 9.59 Å². The van der Waals surface area contributed by atoms with Crippen LogP contribution in [0.2, 0.25) is 0 Å². The molecule has 1 aromatic rings. The van der Waals surface area contributed by atoms with E-state index >= 15 is 0 Å². The molecule has 0 bridgehead atoms. The third kappa shape index (κ3) is 6.40. The number of aliphatic carboxylic acids is 1. The van der Waals surface area contributed by atoms with Crippen molar-refractivity contribution in [3.63, 3.8) is 0 Å². The first-order valence-electron chi connectivity index (χ1n) is 6.61. The van der Waals surface area contributed by atoms with Crippen molar-refractivity contribution < 1.29 is 23.1 Å². The fraction of sp³-hybridized carbons (Fsp3) is 0.429. The van der Waals surface area contributed by atoms with Crippen LogP contribution >= 0.6 is 0 Å². The average molecular weight is 313 g/mol. The van der Waals surface area contributed by atoms with E-state index in [1.165, 1.54) is 18.2 Å². The van der Waals surface area contributed by atoms with Crippen molar-refractivity contribution in [3.8, 4) is 0 Å². The van der Waals surface area contributed by atoms with Crippen molar-refractivity contribution in [1.29, 1.82) is 0 Å². The highest BCUT2D eigenvalue weighted by molar-refractivity contribution is 7.90. The summed E-state index contributed by atoms with van der Waals surface area (Å²) in [7, 11) is -3.34. The van der Waals surface area contributed by atoms with Crippen LogP contribution in [0.25, 0.3) is 0 Å². The number of nitrogens with one attached hydrogen (secondary N) is 1. The molecule has 0 heterocycles. The molecule has 0 aliphatic heterocycles. The summed E-state index contributed by atoms with van der Waals surface area (Å²) in [4.78, 5) is 22.3. The Hall–Kier alpha value is -1.89. The molecule has 7 heteroatoms. The van der Waals surface area contributed by atoms with Crippen molar-refractivity contribution >= 4 is 21.7 Å². The van der Waals surface area contributed by atoms with E-state index < -0.39 is 15.8 Å². The van der Waals surface area contributed by atoms with Crippen LogP contribution in [0.15, 0.2) is 29.2 Å². The Morgan fingerprint density at radius 2 is 1.90 bits per heavy atom. The number of amides is 1. The Labute approximate surface area is 124 Å². The first kappa shape index (κ1) is 17.2. The molecule has 0 saturated heterocycles. The van der Waals surface area contributed by atoms with E-state index in [2.05, 4.69) is 5.32 Å². The molecule has 0 fully saturated rings. The third-order valence-electron chi connectivity index (χ3n) is 2.88. The van der Waals surface area contributed by atoms with E-state index in [0.717, 1.165) is 12.7 Å². The SMILES string of the molecule is CS(=O)(=O)c1cccc(C(=O)NCCCCCC(=O)O)c1. The predicted octanol–water partition coefficient (Wildman–Crippen LogP) is 1.46. The topological polar surface area (TPSA) is 101 Å². The van der Waals surface area contributed by atoms with Crippen molar-refractivity contribution in [3.05, 3.63) is 29.8 Å². The lowest BCUT2D eigenvalue weighted by Gasteiger charge is -2.06. The monoisotopic (exact) mass is 313 g/mol. The van der Waals surface area contributed by atoms with Crippen LogP contribution in [-0.2, 0) is 14.6 Å². The molecule has 0 radical (unpaired) electrons. The van der Waals surface area contributed by atoms with Gasteiger partial charge in [-0.2, -0.15) is 0 Å². The number of sulfone groups is 1. The number of hydrogen-bond acceptors (Lipinski definition) is 4. The molecule has 1 aromatic carbocycles. The van der Waals surface area contributed by atoms with Gasteiger partial charge in [-0.15, -0.1) is 0 Å². The second-order valence-electron chi connectivity index (χ2n) is 4.76. The van der Waals surface area contributed by atoms with Gasteiger partial charge < -0.3 is 10.4 Å². The Morgan fingerprint density at radius 1 is 1.19 bits per heavy atom. The molecule has 1 rings (SSSR count). The van der Waals surface area contributed by atoms with E-state index in [4.69, 9.17) is 5.11 Å². The Kier molecular flexibility index (Phi) is 6.36. The normalized spacial score (nSPS) is 11.1. The maximum Gasteiger partial charge on any atom is 0.303 e. The summed E-state index contributed by atoms with van der Waals surface area (Å²) in [6.45, 7) is 0.432. The number of rotatable bonds is 8. The fourth-order valence-electron chi connectivity index (χ4n) is 1.75. The molecular weight excluding hydrogens is 294 g/mol. The van der Waals surface area contributed by atoms with Gasteiger partial charge in [-0.25, -0.2) is 8.42 Å². The van der Waals surface area contributed by atoms with Gasteiger partial charge in [-0.05, 0) is 31.0 Å². The average Bonchev–Trinajstić information content (AvgIpc) is 2.41. The van der Waals surface area contributed by atoms with E-state index in [1.54, 1.807) is 6.07 Å². The second-order valence-corrected chi connectivity index (χ2v) is 6.78. The lowest BCUT2D eigenvalue weighted by atomic mass is 10.2. The molecular formula is C14H19NO5S. The van der Waals surface area contributed by atoms with Crippen LogP contribution in [0.1, 0.15) is 36.0 Å². The molecule has 0 spiro atoms. The van der Waals surface area contributed by atoms with Gasteiger partial charge in [0.1, 0.15) is 0 Å². The maximum absolute atomic E-state index is 11.9. The van der Waals surface area contributed by atoms with E-state index in [0.29, 0.717) is 24.9 Å². The first-order valence-corrected chi connectivity index (χ1v) is 8.50. The van der Waals surface area contributed by atoms with E-state index in [9.17, 15) is 18.0 Å². The zero-order valence-corrected chi connectivity index (χ0v) is 12.6. The van der Waals surface area contributed by atoms with E-state index in [-0.39, 0.29) is 17.2 Å². The Balaban J connectivity index is 2.44. The van der Waals surface area contributed by atoms with Gasteiger partial charge >= 0.3 is 5.97 Å². The zero-order chi connectivity index (χ0) is 15.9. The zero-order valence-electron chi connectivity index (χ0n) is 11.8. The smallest absolute Gasteiger partial charge is 0.303 e. The van der Waals surface area contributed by atoms with Gasteiger partial charge in [0.2, 0.25) is 0 Å². The molecule has 2 N–H and O–H groups in total. The number of hydrogen-bond donors (Lipinski definition) is 2. The molecule has 0 atom stereocenters. The largest absolute Gasteiger partial charge is 0.481 e. The Bertz CT molecular complexity index is 610. The van der Waals surface area contributed by atoms with Gasteiger partial charge in [0, 0.05) is 24.8 Å². The summed E-state index contributed by atoms with van der Waals surface area (Å²) in [5.41, 5.74) is 0.295. The number of benzene rings is 1. The summed E-state index contributed by atoms with van der Waals surface area (Å²) in [5.74, 6) is -1.16. The van der Waals surface area contributed by atoms with Gasteiger partial charge in [0.05, 0.1) is 4.90 Å². The number of carboxylic acid groups (broad SMARTS) is 1.